The lowest BCUT2D eigenvalue weighted by molar-refractivity contribution is -0.118. The molecule has 0 aliphatic rings. The number of methoxy groups -OCH3 is 1. The van der Waals surface area contributed by atoms with Crippen molar-refractivity contribution in [3.8, 4) is 11.5 Å². The molecule has 2 aromatic rings. The number of hydrogen-bond acceptors (Lipinski definition) is 3. The molecule has 0 aliphatic heterocycles. The van der Waals surface area contributed by atoms with E-state index < -0.39 is 5.82 Å². The summed E-state index contributed by atoms with van der Waals surface area (Å²) in [5.74, 6) is -0.120. The second-order valence-corrected chi connectivity index (χ2v) is 4.46. The number of nitrogens with one attached hydrogen (secondary N) is 1. The summed E-state index contributed by atoms with van der Waals surface area (Å²) in [6.45, 7) is 1.37. The second kappa shape index (κ2) is 6.74. The van der Waals surface area contributed by atoms with Crippen molar-refractivity contribution in [3.63, 3.8) is 0 Å². The largest absolute Gasteiger partial charge is 0.497 e. The van der Waals surface area contributed by atoms with Crippen LogP contribution in [0.2, 0.25) is 0 Å². The number of halogens is 1. The Morgan fingerprint density at radius 3 is 2.76 bits per heavy atom. The van der Waals surface area contributed by atoms with Gasteiger partial charge in [-0.1, -0.05) is 18.2 Å². The molecule has 1 amide bonds. The molecule has 0 radical (unpaired) electrons. The highest BCUT2D eigenvalue weighted by Crippen LogP contribution is 2.20. The lowest BCUT2D eigenvalue weighted by Gasteiger charge is -2.09. The molecule has 2 aromatic carbocycles. The standard InChI is InChI=1S/C16H16FNO3/c1-11-5-3-8-14(16(11)17)21-10-15(19)18-12-6-4-7-13(9-12)20-2/h3-9H,10H2,1-2H3,(H,18,19). The molecule has 0 aromatic heterocycles. The average Bonchev–Trinajstić information content (AvgIpc) is 2.49. The Morgan fingerprint density at radius 1 is 1.24 bits per heavy atom. The van der Waals surface area contributed by atoms with Crippen molar-refractivity contribution in [1.82, 2.24) is 0 Å². The van der Waals surface area contributed by atoms with Crippen LogP contribution in [-0.2, 0) is 4.79 Å². The fraction of sp³-hybridized carbons (Fsp3) is 0.188. The zero-order valence-electron chi connectivity index (χ0n) is 11.9. The van der Waals surface area contributed by atoms with E-state index in [0.717, 1.165) is 0 Å². The van der Waals surface area contributed by atoms with E-state index >= 15 is 0 Å². The monoisotopic (exact) mass is 289 g/mol. The molecule has 0 atom stereocenters. The molecule has 0 saturated carbocycles. The maximum Gasteiger partial charge on any atom is 0.262 e. The van der Waals surface area contributed by atoms with Gasteiger partial charge in [-0.05, 0) is 30.7 Å². The van der Waals surface area contributed by atoms with Crippen LogP contribution >= 0.6 is 0 Å². The molecule has 4 nitrogen and oxygen atoms in total. The van der Waals surface area contributed by atoms with Gasteiger partial charge in [-0.25, -0.2) is 4.39 Å². The number of aryl methyl sites for hydroxylation is 1. The molecule has 21 heavy (non-hydrogen) atoms. The van der Waals surface area contributed by atoms with Gasteiger partial charge in [-0.2, -0.15) is 0 Å². The van der Waals surface area contributed by atoms with Crippen LogP contribution in [0, 0.1) is 12.7 Å². The van der Waals surface area contributed by atoms with Gasteiger partial charge in [0.2, 0.25) is 0 Å². The van der Waals surface area contributed by atoms with E-state index in [1.165, 1.54) is 6.07 Å². The third-order valence-corrected chi connectivity index (χ3v) is 2.87. The Hall–Kier alpha value is -2.56. The lowest BCUT2D eigenvalue weighted by atomic mass is 10.2. The molecule has 0 saturated heterocycles. The Kier molecular flexibility index (Phi) is 4.77. The van der Waals surface area contributed by atoms with Gasteiger partial charge in [-0.15, -0.1) is 0 Å². The fourth-order valence-corrected chi connectivity index (χ4v) is 1.77. The molecular weight excluding hydrogens is 273 g/mol. The van der Waals surface area contributed by atoms with Crippen molar-refractivity contribution in [2.75, 3.05) is 19.0 Å². The second-order valence-electron chi connectivity index (χ2n) is 4.46. The molecule has 0 bridgehead atoms. The molecule has 0 spiro atoms. The van der Waals surface area contributed by atoms with Crippen LogP contribution in [-0.4, -0.2) is 19.6 Å². The maximum atomic E-state index is 13.7. The van der Waals surface area contributed by atoms with E-state index in [1.807, 2.05) is 0 Å². The highest BCUT2D eigenvalue weighted by atomic mass is 19.1. The van der Waals surface area contributed by atoms with Crippen LogP contribution in [0.15, 0.2) is 42.5 Å². The zero-order chi connectivity index (χ0) is 15.2. The first-order chi connectivity index (χ1) is 10.1. The van der Waals surface area contributed by atoms with Crippen LogP contribution in [0.25, 0.3) is 0 Å². The van der Waals surface area contributed by atoms with E-state index in [2.05, 4.69) is 5.32 Å². The molecule has 2 rings (SSSR count). The highest BCUT2D eigenvalue weighted by Gasteiger charge is 2.09. The predicted octanol–water partition coefficient (Wildman–Crippen LogP) is 3.16. The zero-order valence-corrected chi connectivity index (χ0v) is 11.9. The highest BCUT2D eigenvalue weighted by molar-refractivity contribution is 5.92. The Morgan fingerprint density at radius 2 is 2.00 bits per heavy atom. The van der Waals surface area contributed by atoms with Gasteiger partial charge in [0.15, 0.2) is 18.2 Å². The van der Waals surface area contributed by atoms with E-state index in [4.69, 9.17) is 9.47 Å². The van der Waals surface area contributed by atoms with E-state index in [0.29, 0.717) is 17.0 Å². The van der Waals surface area contributed by atoms with Crippen LogP contribution in [0.5, 0.6) is 11.5 Å². The fourth-order valence-electron chi connectivity index (χ4n) is 1.77. The molecule has 0 aliphatic carbocycles. The molecular formula is C16H16FNO3. The smallest absolute Gasteiger partial charge is 0.262 e. The summed E-state index contributed by atoms with van der Waals surface area (Å²) >= 11 is 0. The summed E-state index contributed by atoms with van der Waals surface area (Å²) in [6, 6.07) is 11.7. The Balaban J connectivity index is 1.94. The number of amides is 1. The number of carbonyl (C=O) groups excluding carboxylic acids is 1. The molecule has 0 heterocycles. The van der Waals surface area contributed by atoms with Gasteiger partial charge < -0.3 is 14.8 Å². The maximum absolute atomic E-state index is 13.7. The minimum Gasteiger partial charge on any atom is -0.497 e. The number of rotatable bonds is 5. The van der Waals surface area contributed by atoms with Crippen molar-refractivity contribution >= 4 is 11.6 Å². The predicted molar refractivity (Wildman–Crippen MR) is 78.3 cm³/mol. The van der Waals surface area contributed by atoms with Gasteiger partial charge in [0.1, 0.15) is 5.75 Å². The summed E-state index contributed by atoms with van der Waals surface area (Å²) < 4.78 is 24.0. The van der Waals surface area contributed by atoms with Crippen LogP contribution in [0.1, 0.15) is 5.56 Å². The minimum absolute atomic E-state index is 0.0655. The first kappa shape index (κ1) is 14.8. The van der Waals surface area contributed by atoms with E-state index in [9.17, 15) is 9.18 Å². The van der Waals surface area contributed by atoms with Crippen LogP contribution < -0.4 is 14.8 Å². The van der Waals surface area contributed by atoms with Gasteiger partial charge >= 0.3 is 0 Å². The summed E-state index contributed by atoms with van der Waals surface area (Å²) in [5, 5.41) is 2.65. The third kappa shape index (κ3) is 3.95. The van der Waals surface area contributed by atoms with Crippen molar-refractivity contribution in [3.05, 3.63) is 53.8 Å². The SMILES string of the molecule is COc1cccc(NC(=O)COc2cccc(C)c2F)c1. The number of ether oxygens (including phenoxy) is 2. The van der Waals surface area contributed by atoms with Gasteiger partial charge in [0.25, 0.3) is 5.91 Å². The first-order valence-corrected chi connectivity index (χ1v) is 6.42. The molecule has 1 N–H and O–H groups in total. The minimum atomic E-state index is -0.452. The average molecular weight is 289 g/mol. The van der Waals surface area contributed by atoms with Crippen molar-refractivity contribution in [1.29, 1.82) is 0 Å². The Labute approximate surface area is 122 Å². The number of benzene rings is 2. The quantitative estimate of drug-likeness (QED) is 0.919. The van der Waals surface area contributed by atoms with Gasteiger partial charge in [-0.3, -0.25) is 4.79 Å². The molecule has 0 fully saturated rings. The van der Waals surface area contributed by atoms with Crippen LogP contribution in [0.4, 0.5) is 10.1 Å². The normalized spacial score (nSPS) is 10.0. The lowest BCUT2D eigenvalue weighted by Crippen LogP contribution is -2.20. The van der Waals surface area contributed by atoms with E-state index in [1.54, 1.807) is 50.4 Å². The summed E-state index contributed by atoms with van der Waals surface area (Å²) in [6.07, 6.45) is 0. The van der Waals surface area contributed by atoms with Crippen molar-refractivity contribution in [2.45, 2.75) is 6.92 Å². The molecule has 0 unspecified atom stereocenters. The van der Waals surface area contributed by atoms with Gasteiger partial charge in [0, 0.05) is 11.8 Å². The third-order valence-electron chi connectivity index (χ3n) is 2.87. The first-order valence-electron chi connectivity index (χ1n) is 6.42. The Bertz CT molecular complexity index is 643. The van der Waals surface area contributed by atoms with Crippen molar-refractivity contribution < 1.29 is 18.7 Å². The molecule has 110 valence electrons. The van der Waals surface area contributed by atoms with Crippen LogP contribution in [0.3, 0.4) is 0 Å². The summed E-state index contributed by atoms with van der Waals surface area (Å²) in [7, 11) is 1.55. The van der Waals surface area contributed by atoms with Gasteiger partial charge in [0.05, 0.1) is 7.11 Å². The molecule has 5 heteroatoms. The summed E-state index contributed by atoms with van der Waals surface area (Å²) in [5.41, 5.74) is 1.06. The van der Waals surface area contributed by atoms with Crippen molar-refractivity contribution in [2.24, 2.45) is 0 Å². The van der Waals surface area contributed by atoms with E-state index in [-0.39, 0.29) is 18.3 Å². The topological polar surface area (TPSA) is 47.6 Å². The number of anilines is 1. The summed E-state index contributed by atoms with van der Waals surface area (Å²) in [4.78, 5) is 11.8. The number of hydrogen-bond donors (Lipinski definition) is 1. The number of carbonyl (C=O) groups is 1.